The van der Waals surface area contributed by atoms with E-state index in [2.05, 4.69) is 15.3 Å². The van der Waals surface area contributed by atoms with Crippen molar-refractivity contribution >= 4 is 17.1 Å². The minimum absolute atomic E-state index is 0.391. The Kier molecular flexibility index (Phi) is 3.22. The van der Waals surface area contributed by atoms with E-state index in [0.717, 1.165) is 0 Å². The average Bonchev–Trinajstić information content (AvgIpc) is 2.68. The number of H-pyrrole nitrogens is 1. The highest BCUT2D eigenvalue weighted by molar-refractivity contribution is 5.74. The Morgan fingerprint density at radius 1 is 1.17 bits per heavy atom. The molecule has 18 heavy (non-hydrogen) atoms. The Balaban J connectivity index is 2.90. The first-order valence-electron chi connectivity index (χ1n) is 6.11. The highest BCUT2D eigenvalue weighted by atomic mass is 16.2. The van der Waals surface area contributed by atoms with Crippen molar-refractivity contribution < 1.29 is 0 Å². The second-order valence-corrected chi connectivity index (χ2v) is 3.89. The number of aryl methyl sites for hydroxylation is 2. The van der Waals surface area contributed by atoms with Crippen molar-refractivity contribution in [2.45, 2.75) is 33.9 Å². The van der Waals surface area contributed by atoms with Crippen LogP contribution in [0.15, 0.2) is 9.59 Å². The molecular weight excluding hydrogens is 234 g/mol. The van der Waals surface area contributed by atoms with Crippen LogP contribution in [0.25, 0.3) is 11.2 Å². The van der Waals surface area contributed by atoms with E-state index >= 15 is 0 Å². The summed E-state index contributed by atoms with van der Waals surface area (Å²) in [6.07, 6.45) is 0. The maximum absolute atomic E-state index is 11.9. The summed E-state index contributed by atoms with van der Waals surface area (Å²) in [5, 5.41) is 3.10. The third-order valence-corrected chi connectivity index (χ3v) is 2.85. The van der Waals surface area contributed by atoms with Crippen molar-refractivity contribution in [3.63, 3.8) is 0 Å². The van der Waals surface area contributed by atoms with Crippen LogP contribution < -0.4 is 16.6 Å². The molecule has 0 aliphatic carbocycles. The fourth-order valence-corrected chi connectivity index (χ4v) is 2.07. The number of nitrogens with zero attached hydrogens (tertiary/aromatic N) is 3. The third kappa shape index (κ3) is 1.71. The van der Waals surface area contributed by atoms with Crippen LogP contribution >= 0.6 is 0 Å². The predicted molar refractivity (Wildman–Crippen MR) is 70.1 cm³/mol. The molecule has 2 aromatic heterocycles. The number of fused-ring (bicyclic) bond motifs is 1. The van der Waals surface area contributed by atoms with Gasteiger partial charge in [0, 0.05) is 19.6 Å². The van der Waals surface area contributed by atoms with Crippen molar-refractivity contribution in [3.05, 3.63) is 20.8 Å². The van der Waals surface area contributed by atoms with Crippen LogP contribution in [-0.4, -0.2) is 25.6 Å². The number of nitrogens with one attached hydrogen (secondary N) is 2. The number of aromatic amines is 1. The maximum Gasteiger partial charge on any atom is 0.330 e. The molecule has 0 aliphatic rings. The SMILES string of the molecule is CCNc1nc2c(c(=O)[nH]c(=O)n2CC)n1CC. The van der Waals surface area contributed by atoms with E-state index in [-0.39, 0.29) is 0 Å². The van der Waals surface area contributed by atoms with Gasteiger partial charge in [-0.3, -0.25) is 14.3 Å². The molecule has 98 valence electrons. The molecular formula is C11H17N5O2. The molecule has 0 saturated carbocycles. The van der Waals surface area contributed by atoms with E-state index < -0.39 is 11.2 Å². The number of hydrogen-bond acceptors (Lipinski definition) is 4. The molecule has 0 unspecified atom stereocenters. The van der Waals surface area contributed by atoms with Crippen LogP contribution in [0.3, 0.4) is 0 Å². The highest BCUT2D eigenvalue weighted by Crippen LogP contribution is 2.14. The fraction of sp³-hybridized carbons (Fsp3) is 0.545. The Hall–Kier alpha value is -2.05. The van der Waals surface area contributed by atoms with Crippen molar-refractivity contribution in [1.29, 1.82) is 0 Å². The Labute approximate surface area is 103 Å². The zero-order chi connectivity index (χ0) is 13.3. The smallest absolute Gasteiger partial charge is 0.330 e. The molecule has 7 nitrogen and oxygen atoms in total. The van der Waals surface area contributed by atoms with Gasteiger partial charge >= 0.3 is 5.69 Å². The normalized spacial score (nSPS) is 11.1. The van der Waals surface area contributed by atoms with Gasteiger partial charge in [-0.25, -0.2) is 4.79 Å². The van der Waals surface area contributed by atoms with Gasteiger partial charge in [-0.2, -0.15) is 4.98 Å². The molecule has 0 amide bonds. The molecule has 0 radical (unpaired) electrons. The summed E-state index contributed by atoms with van der Waals surface area (Å²) in [4.78, 5) is 30.3. The van der Waals surface area contributed by atoms with Crippen molar-refractivity contribution in [1.82, 2.24) is 19.1 Å². The fourth-order valence-electron chi connectivity index (χ4n) is 2.07. The average molecular weight is 251 g/mol. The van der Waals surface area contributed by atoms with Gasteiger partial charge in [-0.05, 0) is 20.8 Å². The quantitative estimate of drug-likeness (QED) is 0.821. The summed E-state index contributed by atoms with van der Waals surface area (Å²) in [7, 11) is 0. The van der Waals surface area contributed by atoms with Crippen molar-refractivity contribution in [2.24, 2.45) is 0 Å². The number of aromatic nitrogens is 4. The summed E-state index contributed by atoms with van der Waals surface area (Å²) in [6.45, 7) is 7.52. The van der Waals surface area contributed by atoms with Gasteiger partial charge in [0.25, 0.3) is 5.56 Å². The standard InChI is InChI=1S/C11H17N5O2/c1-4-12-10-13-8-7(15(10)5-2)9(17)14-11(18)16(8)6-3/h4-6H2,1-3H3,(H,12,13)(H,14,17,18). The molecule has 0 bridgehead atoms. The molecule has 2 N–H and O–H groups in total. The molecule has 0 atom stereocenters. The number of imidazole rings is 1. The van der Waals surface area contributed by atoms with Gasteiger partial charge in [0.05, 0.1) is 0 Å². The zero-order valence-electron chi connectivity index (χ0n) is 10.8. The lowest BCUT2D eigenvalue weighted by Crippen LogP contribution is -2.30. The number of hydrogen-bond donors (Lipinski definition) is 2. The Morgan fingerprint density at radius 3 is 2.39 bits per heavy atom. The molecule has 2 aromatic rings. The summed E-state index contributed by atoms with van der Waals surface area (Å²) in [6, 6.07) is 0. The first-order chi connectivity index (χ1) is 8.63. The van der Waals surface area contributed by atoms with Crippen LogP contribution in [0, 0.1) is 0 Å². The van der Waals surface area contributed by atoms with E-state index in [4.69, 9.17) is 0 Å². The molecule has 0 aliphatic heterocycles. The topological polar surface area (TPSA) is 84.7 Å². The molecule has 2 heterocycles. The Bertz CT molecular complexity index is 679. The maximum atomic E-state index is 11.9. The van der Waals surface area contributed by atoms with Crippen molar-refractivity contribution in [3.8, 4) is 0 Å². The van der Waals surface area contributed by atoms with Gasteiger partial charge in [0.15, 0.2) is 11.2 Å². The predicted octanol–water partition coefficient (Wildman–Crippen LogP) is 0.358. The van der Waals surface area contributed by atoms with Crippen molar-refractivity contribution in [2.75, 3.05) is 11.9 Å². The Morgan fingerprint density at radius 2 is 1.83 bits per heavy atom. The lowest BCUT2D eigenvalue weighted by Gasteiger charge is -2.05. The zero-order valence-corrected chi connectivity index (χ0v) is 10.8. The summed E-state index contributed by atoms with van der Waals surface area (Å²) < 4.78 is 3.24. The lowest BCUT2D eigenvalue weighted by molar-refractivity contribution is 0.716. The summed E-state index contributed by atoms with van der Waals surface area (Å²) >= 11 is 0. The summed E-state index contributed by atoms with van der Waals surface area (Å²) in [5.41, 5.74) is 0.0657. The summed E-state index contributed by atoms with van der Waals surface area (Å²) in [5.74, 6) is 0.619. The van der Waals surface area contributed by atoms with E-state index in [1.54, 1.807) is 4.57 Å². The van der Waals surface area contributed by atoms with Gasteiger partial charge < -0.3 is 9.88 Å². The van der Waals surface area contributed by atoms with Crippen LogP contribution in [0.5, 0.6) is 0 Å². The third-order valence-electron chi connectivity index (χ3n) is 2.85. The van der Waals surface area contributed by atoms with Crippen LogP contribution in [0.4, 0.5) is 5.95 Å². The molecule has 2 rings (SSSR count). The highest BCUT2D eigenvalue weighted by Gasteiger charge is 2.16. The van der Waals surface area contributed by atoms with Gasteiger partial charge in [0.2, 0.25) is 5.95 Å². The second kappa shape index (κ2) is 4.67. The molecule has 7 heteroatoms. The molecule has 0 aromatic carbocycles. The molecule has 0 saturated heterocycles. The molecule has 0 fully saturated rings. The minimum Gasteiger partial charge on any atom is -0.356 e. The van der Waals surface area contributed by atoms with E-state index in [1.165, 1.54) is 4.57 Å². The van der Waals surface area contributed by atoms with Crippen LogP contribution in [0.1, 0.15) is 20.8 Å². The largest absolute Gasteiger partial charge is 0.356 e. The van der Waals surface area contributed by atoms with Gasteiger partial charge in [-0.15, -0.1) is 0 Å². The minimum atomic E-state index is -0.418. The first kappa shape index (κ1) is 12.4. The number of anilines is 1. The lowest BCUT2D eigenvalue weighted by atomic mass is 10.5. The molecule has 0 spiro atoms. The first-order valence-corrected chi connectivity index (χ1v) is 6.11. The van der Waals surface area contributed by atoms with Crippen LogP contribution in [-0.2, 0) is 13.1 Å². The van der Waals surface area contributed by atoms with Gasteiger partial charge in [-0.1, -0.05) is 0 Å². The van der Waals surface area contributed by atoms with Gasteiger partial charge in [0.1, 0.15) is 0 Å². The van der Waals surface area contributed by atoms with E-state index in [9.17, 15) is 9.59 Å². The monoisotopic (exact) mass is 251 g/mol. The van der Waals surface area contributed by atoms with Crippen LogP contribution in [0.2, 0.25) is 0 Å². The second-order valence-electron chi connectivity index (χ2n) is 3.89. The number of rotatable bonds is 4. The van der Waals surface area contributed by atoms with E-state index in [0.29, 0.717) is 36.7 Å². The van der Waals surface area contributed by atoms with E-state index in [1.807, 2.05) is 20.8 Å².